The molecule has 0 radical (unpaired) electrons. The van der Waals surface area contributed by atoms with Crippen LogP contribution in [0.15, 0.2) is 36.4 Å². The molecule has 0 aliphatic carbocycles. The van der Waals surface area contributed by atoms with Gasteiger partial charge >= 0.3 is 0 Å². The Morgan fingerprint density at radius 1 is 0.424 bits per heavy atom. The van der Waals surface area contributed by atoms with E-state index in [4.69, 9.17) is 0 Å². The molecule has 0 N–H and O–H groups in total. The Hall–Kier alpha value is -1.56. The van der Waals surface area contributed by atoms with Gasteiger partial charge in [0.05, 0.1) is 0 Å². The number of benzene rings is 2. The zero-order chi connectivity index (χ0) is 25.8. The zero-order valence-corrected chi connectivity index (χ0v) is 24.5. The second-order valence-corrected chi connectivity index (χ2v) is 15.3. The summed E-state index contributed by atoms with van der Waals surface area (Å²) in [5.41, 5.74) is 9.40. The molecule has 33 heavy (non-hydrogen) atoms. The van der Waals surface area contributed by atoms with Gasteiger partial charge in [0, 0.05) is 5.92 Å². The van der Waals surface area contributed by atoms with Crippen LogP contribution in [0.1, 0.15) is 143 Å². The summed E-state index contributed by atoms with van der Waals surface area (Å²) in [5.74, 6) is 0.311. The molecule has 0 aliphatic rings. The molecule has 0 unspecified atom stereocenters. The second-order valence-electron chi connectivity index (χ2n) is 15.3. The fraction of sp³-hybridized carbons (Fsp3) is 0.636. The van der Waals surface area contributed by atoms with Crippen molar-refractivity contribution in [2.45, 2.75) is 131 Å². The van der Waals surface area contributed by atoms with Crippen molar-refractivity contribution in [3.05, 3.63) is 69.8 Å². The highest BCUT2D eigenvalue weighted by molar-refractivity contribution is 5.53. The molecule has 2 aromatic carbocycles. The van der Waals surface area contributed by atoms with Gasteiger partial charge in [-0.1, -0.05) is 140 Å². The molecular weight excluding hydrogens is 396 g/mol. The minimum absolute atomic E-state index is 0.0617. The van der Waals surface area contributed by atoms with E-state index in [9.17, 15) is 0 Å². The third kappa shape index (κ3) is 5.93. The van der Waals surface area contributed by atoms with Crippen LogP contribution < -0.4 is 0 Å². The molecule has 0 bridgehead atoms. The first-order valence-corrected chi connectivity index (χ1v) is 12.9. The SMILES string of the molecule is CC(C)(C)c1cccc(C(c2cccc(C(C)(C)C)c2C(C)(C)C)C(C)(C)C)c1C(C)(C)C. The molecule has 0 heteroatoms. The van der Waals surface area contributed by atoms with Crippen LogP contribution in [0.25, 0.3) is 0 Å². The highest BCUT2D eigenvalue weighted by atomic mass is 14.4. The van der Waals surface area contributed by atoms with Crippen molar-refractivity contribution in [3.63, 3.8) is 0 Å². The van der Waals surface area contributed by atoms with Crippen molar-refractivity contribution >= 4 is 0 Å². The lowest BCUT2D eigenvalue weighted by Crippen LogP contribution is -2.31. The molecule has 0 fully saturated rings. The van der Waals surface area contributed by atoms with E-state index in [-0.39, 0.29) is 27.1 Å². The van der Waals surface area contributed by atoms with Crippen molar-refractivity contribution < 1.29 is 0 Å². The van der Waals surface area contributed by atoms with Gasteiger partial charge in [-0.2, -0.15) is 0 Å². The topological polar surface area (TPSA) is 0 Å². The molecule has 184 valence electrons. The second kappa shape index (κ2) is 8.58. The summed E-state index contributed by atoms with van der Waals surface area (Å²) in [6.45, 7) is 35.7. The van der Waals surface area contributed by atoms with Crippen LogP contribution >= 0.6 is 0 Å². The van der Waals surface area contributed by atoms with E-state index < -0.39 is 0 Å². The van der Waals surface area contributed by atoms with Crippen molar-refractivity contribution in [1.82, 2.24) is 0 Å². The first kappa shape index (κ1) is 27.7. The van der Waals surface area contributed by atoms with Gasteiger partial charge in [-0.25, -0.2) is 0 Å². The molecule has 0 spiro atoms. The van der Waals surface area contributed by atoms with Crippen molar-refractivity contribution in [2.24, 2.45) is 5.41 Å². The van der Waals surface area contributed by atoms with E-state index in [0.717, 1.165) is 0 Å². The summed E-state index contributed by atoms with van der Waals surface area (Å²) in [6, 6.07) is 14.2. The van der Waals surface area contributed by atoms with Crippen LogP contribution in [-0.2, 0) is 21.7 Å². The van der Waals surface area contributed by atoms with E-state index in [1.165, 1.54) is 33.4 Å². The quantitative estimate of drug-likeness (QED) is 0.428. The minimum Gasteiger partial charge on any atom is -0.0617 e. The average Bonchev–Trinajstić information content (AvgIpc) is 2.57. The van der Waals surface area contributed by atoms with Crippen molar-refractivity contribution in [2.75, 3.05) is 0 Å². The Balaban J connectivity index is 3.10. The Bertz CT molecular complexity index is 892. The maximum atomic E-state index is 2.42. The summed E-state index contributed by atoms with van der Waals surface area (Å²) < 4.78 is 0. The van der Waals surface area contributed by atoms with Crippen LogP contribution in [0.2, 0.25) is 0 Å². The highest BCUT2D eigenvalue weighted by Crippen LogP contribution is 2.50. The summed E-state index contributed by atoms with van der Waals surface area (Å²) in [5, 5.41) is 0. The molecule has 0 saturated heterocycles. The average molecular weight is 449 g/mol. The first-order valence-electron chi connectivity index (χ1n) is 12.9. The van der Waals surface area contributed by atoms with Crippen molar-refractivity contribution in [1.29, 1.82) is 0 Å². The summed E-state index contributed by atoms with van der Waals surface area (Å²) in [6.07, 6.45) is 0. The number of hydrogen-bond donors (Lipinski definition) is 0. The molecule has 0 nitrogen and oxygen atoms in total. The van der Waals surface area contributed by atoms with E-state index in [1.54, 1.807) is 0 Å². The molecule has 0 saturated carbocycles. The summed E-state index contributed by atoms with van der Waals surface area (Å²) >= 11 is 0. The standard InChI is InChI=1S/C33H52/c1-29(2,3)24-20-16-18-22(27(24)32(10,11)12)26(31(7,8)9)23-19-17-21-25(30(4,5)6)28(23)33(13,14)15/h16-21,26H,1-15H3. The third-order valence-corrected chi connectivity index (χ3v) is 6.80. The molecule has 0 heterocycles. The largest absolute Gasteiger partial charge is 0.0617 e. The lowest BCUT2D eigenvalue weighted by Gasteiger charge is -2.42. The molecule has 2 aromatic rings. The third-order valence-electron chi connectivity index (χ3n) is 6.80. The first-order chi connectivity index (χ1) is 14.6. The van der Waals surface area contributed by atoms with E-state index >= 15 is 0 Å². The van der Waals surface area contributed by atoms with E-state index in [0.29, 0.717) is 5.92 Å². The molecule has 0 aromatic heterocycles. The smallest absolute Gasteiger partial charge is 0.0144 e. The molecule has 0 atom stereocenters. The summed E-state index contributed by atoms with van der Waals surface area (Å²) in [4.78, 5) is 0. The molecular formula is C33H52. The number of rotatable bonds is 2. The maximum absolute atomic E-state index is 2.42. The highest BCUT2D eigenvalue weighted by Gasteiger charge is 2.39. The van der Waals surface area contributed by atoms with E-state index in [1.807, 2.05) is 0 Å². The Kier molecular flexibility index (Phi) is 7.20. The van der Waals surface area contributed by atoms with Crippen LogP contribution in [0.3, 0.4) is 0 Å². The normalized spacial score (nSPS) is 14.2. The van der Waals surface area contributed by atoms with Crippen LogP contribution in [0.4, 0.5) is 0 Å². The lowest BCUT2D eigenvalue weighted by atomic mass is 9.62. The fourth-order valence-corrected chi connectivity index (χ4v) is 5.65. The van der Waals surface area contributed by atoms with Gasteiger partial charge < -0.3 is 0 Å². The van der Waals surface area contributed by atoms with Crippen LogP contribution in [0, 0.1) is 5.41 Å². The van der Waals surface area contributed by atoms with Gasteiger partial charge in [-0.15, -0.1) is 0 Å². The predicted octanol–water partition coefficient (Wildman–Crippen LogP) is 10.1. The van der Waals surface area contributed by atoms with Gasteiger partial charge in [0.15, 0.2) is 0 Å². The van der Waals surface area contributed by atoms with Gasteiger partial charge in [0.1, 0.15) is 0 Å². The maximum Gasteiger partial charge on any atom is 0.0144 e. The Morgan fingerprint density at radius 3 is 0.939 bits per heavy atom. The monoisotopic (exact) mass is 448 g/mol. The van der Waals surface area contributed by atoms with Gasteiger partial charge in [0.25, 0.3) is 0 Å². The minimum atomic E-state index is 0.0617. The van der Waals surface area contributed by atoms with Crippen molar-refractivity contribution in [3.8, 4) is 0 Å². The van der Waals surface area contributed by atoms with Gasteiger partial charge in [0.2, 0.25) is 0 Å². The number of hydrogen-bond acceptors (Lipinski definition) is 0. The Morgan fingerprint density at radius 2 is 0.727 bits per heavy atom. The lowest BCUT2D eigenvalue weighted by molar-refractivity contribution is 0.347. The van der Waals surface area contributed by atoms with Gasteiger partial charge in [-0.3, -0.25) is 0 Å². The summed E-state index contributed by atoms with van der Waals surface area (Å²) in [7, 11) is 0. The van der Waals surface area contributed by atoms with E-state index in [2.05, 4.69) is 140 Å². The molecule has 2 rings (SSSR count). The van der Waals surface area contributed by atoms with Crippen LogP contribution in [0.5, 0.6) is 0 Å². The fourth-order valence-electron chi connectivity index (χ4n) is 5.65. The Labute approximate surface area is 206 Å². The van der Waals surface area contributed by atoms with Gasteiger partial charge in [-0.05, 0) is 60.5 Å². The zero-order valence-electron chi connectivity index (χ0n) is 24.5. The van der Waals surface area contributed by atoms with Crippen LogP contribution in [-0.4, -0.2) is 0 Å². The predicted molar refractivity (Wildman–Crippen MR) is 149 cm³/mol. The molecule has 0 aliphatic heterocycles. The molecule has 0 amide bonds.